The van der Waals surface area contributed by atoms with Crippen LogP contribution in [-0.2, 0) is 17.1 Å². The lowest BCUT2D eigenvalue weighted by molar-refractivity contribution is 0.0977. The van der Waals surface area contributed by atoms with Crippen molar-refractivity contribution in [3.05, 3.63) is 44.5 Å². The van der Waals surface area contributed by atoms with Crippen LogP contribution in [0.15, 0.2) is 23.1 Å². The van der Waals surface area contributed by atoms with E-state index in [2.05, 4.69) is 5.10 Å². The summed E-state index contributed by atoms with van der Waals surface area (Å²) < 4.78 is 42.3. The SMILES string of the molecule is Cc1nn(C)c(C)c1S(=O)(=O)NC(=O)c1cc(I)ccc1F. The molecule has 2 aromatic rings. The van der Waals surface area contributed by atoms with E-state index in [0.29, 0.717) is 9.26 Å². The Labute approximate surface area is 140 Å². The van der Waals surface area contributed by atoms with Crippen molar-refractivity contribution in [2.24, 2.45) is 7.05 Å². The number of nitrogens with zero attached hydrogens (tertiary/aromatic N) is 2. The van der Waals surface area contributed by atoms with Crippen molar-refractivity contribution in [2.75, 3.05) is 0 Å². The van der Waals surface area contributed by atoms with Gasteiger partial charge < -0.3 is 0 Å². The van der Waals surface area contributed by atoms with Gasteiger partial charge in [0.05, 0.1) is 17.0 Å². The van der Waals surface area contributed by atoms with E-state index in [1.54, 1.807) is 14.0 Å². The number of nitrogens with one attached hydrogen (secondary N) is 1. The minimum atomic E-state index is -4.13. The van der Waals surface area contributed by atoms with Crippen molar-refractivity contribution < 1.29 is 17.6 Å². The second-order valence-corrected chi connectivity index (χ2v) is 7.55. The molecule has 0 bridgehead atoms. The number of carbonyl (C=O) groups excluding carboxylic acids is 1. The zero-order valence-corrected chi connectivity index (χ0v) is 15.0. The number of amides is 1. The summed E-state index contributed by atoms with van der Waals surface area (Å²) in [6, 6.07) is 3.88. The number of halogens is 2. The van der Waals surface area contributed by atoms with Crippen LogP contribution in [0.2, 0.25) is 0 Å². The van der Waals surface area contributed by atoms with Crippen molar-refractivity contribution in [2.45, 2.75) is 18.7 Å². The summed E-state index contributed by atoms with van der Waals surface area (Å²) in [5, 5.41) is 4.00. The van der Waals surface area contributed by atoms with Gasteiger partial charge in [-0.3, -0.25) is 9.48 Å². The number of rotatable bonds is 3. The van der Waals surface area contributed by atoms with E-state index in [1.165, 1.54) is 23.7 Å². The molecular formula is C13H13FIN3O3S. The molecule has 22 heavy (non-hydrogen) atoms. The molecule has 1 aromatic carbocycles. The van der Waals surface area contributed by atoms with Crippen LogP contribution in [0.4, 0.5) is 4.39 Å². The quantitative estimate of drug-likeness (QED) is 0.745. The molecule has 0 aliphatic heterocycles. The molecule has 0 aliphatic rings. The molecule has 0 radical (unpaired) electrons. The lowest BCUT2D eigenvalue weighted by atomic mass is 10.2. The van der Waals surface area contributed by atoms with Crippen molar-refractivity contribution in [1.29, 1.82) is 0 Å². The average molecular weight is 437 g/mol. The Hall–Kier alpha value is -1.49. The fourth-order valence-corrected chi connectivity index (χ4v) is 3.94. The summed E-state index contributed by atoms with van der Waals surface area (Å²) in [5.74, 6) is -1.80. The van der Waals surface area contributed by atoms with Crippen molar-refractivity contribution in [1.82, 2.24) is 14.5 Å². The molecule has 2 rings (SSSR count). The summed E-state index contributed by atoms with van der Waals surface area (Å²) in [6.45, 7) is 3.10. The standard InChI is InChI=1S/C13H13FIN3O3S/c1-7-12(8(2)18(3)16-7)22(20,21)17-13(19)10-6-9(15)4-5-11(10)14/h4-6H,1-3H3,(H,17,19). The van der Waals surface area contributed by atoms with Crippen LogP contribution < -0.4 is 4.72 Å². The minimum Gasteiger partial charge on any atom is -0.271 e. The number of aryl methyl sites for hydroxylation is 2. The Morgan fingerprint density at radius 3 is 2.55 bits per heavy atom. The van der Waals surface area contributed by atoms with Gasteiger partial charge in [-0.25, -0.2) is 17.5 Å². The third-order valence-corrected chi connectivity index (χ3v) is 5.36. The van der Waals surface area contributed by atoms with Gasteiger partial charge in [0, 0.05) is 10.6 Å². The lowest BCUT2D eigenvalue weighted by Crippen LogP contribution is -2.32. The van der Waals surface area contributed by atoms with E-state index in [1.807, 2.05) is 27.3 Å². The summed E-state index contributed by atoms with van der Waals surface area (Å²) in [6.07, 6.45) is 0. The van der Waals surface area contributed by atoms with E-state index in [0.717, 1.165) is 6.07 Å². The Morgan fingerprint density at radius 2 is 2.00 bits per heavy atom. The fraction of sp³-hybridized carbons (Fsp3) is 0.231. The molecule has 0 aliphatic carbocycles. The van der Waals surface area contributed by atoms with Crippen LogP contribution in [0.5, 0.6) is 0 Å². The van der Waals surface area contributed by atoms with Gasteiger partial charge in [0.1, 0.15) is 10.7 Å². The van der Waals surface area contributed by atoms with Gasteiger partial charge >= 0.3 is 0 Å². The van der Waals surface area contributed by atoms with Crippen LogP contribution >= 0.6 is 22.6 Å². The second kappa shape index (κ2) is 5.95. The number of hydrogen-bond donors (Lipinski definition) is 1. The van der Waals surface area contributed by atoms with Gasteiger partial charge in [-0.1, -0.05) is 0 Å². The largest absolute Gasteiger partial charge is 0.271 e. The Kier molecular flexibility index (Phi) is 4.57. The maximum absolute atomic E-state index is 13.7. The highest BCUT2D eigenvalue weighted by Crippen LogP contribution is 2.19. The zero-order valence-electron chi connectivity index (χ0n) is 12.0. The predicted molar refractivity (Wildman–Crippen MR) is 86.5 cm³/mol. The molecule has 118 valence electrons. The monoisotopic (exact) mass is 437 g/mol. The van der Waals surface area contributed by atoms with Crippen LogP contribution in [-0.4, -0.2) is 24.1 Å². The normalized spacial score (nSPS) is 11.5. The molecule has 1 amide bonds. The average Bonchev–Trinajstić information content (AvgIpc) is 2.65. The molecule has 1 aromatic heterocycles. The van der Waals surface area contributed by atoms with Crippen molar-refractivity contribution in [3.8, 4) is 0 Å². The fourth-order valence-electron chi connectivity index (χ4n) is 2.04. The van der Waals surface area contributed by atoms with Gasteiger partial charge in [0.15, 0.2) is 0 Å². The van der Waals surface area contributed by atoms with Crippen LogP contribution in [0, 0.1) is 23.2 Å². The zero-order chi connectivity index (χ0) is 16.7. The third-order valence-electron chi connectivity index (χ3n) is 3.11. The Balaban J connectivity index is 2.41. The molecule has 0 unspecified atom stereocenters. The number of carbonyl (C=O) groups is 1. The molecule has 6 nitrogen and oxygen atoms in total. The van der Waals surface area contributed by atoms with Crippen molar-refractivity contribution >= 4 is 38.5 Å². The van der Waals surface area contributed by atoms with Gasteiger partial charge in [0.25, 0.3) is 15.9 Å². The summed E-state index contributed by atoms with van der Waals surface area (Å²) in [5.41, 5.74) is 0.332. The maximum Gasteiger partial charge on any atom is 0.268 e. The van der Waals surface area contributed by atoms with E-state index in [9.17, 15) is 17.6 Å². The first-order valence-electron chi connectivity index (χ1n) is 6.16. The topological polar surface area (TPSA) is 81.1 Å². The molecule has 0 atom stereocenters. The summed E-state index contributed by atoms with van der Waals surface area (Å²) in [7, 11) is -2.53. The minimum absolute atomic E-state index is 0.0746. The van der Waals surface area contributed by atoms with E-state index in [4.69, 9.17) is 0 Å². The van der Waals surface area contributed by atoms with Gasteiger partial charge in [-0.2, -0.15) is 5.10 Å². The van der Waals surface area contributed by atoms with E-state index in [-0.39, 0.29) is 16.2 Å². The first-order chi connectivity index (χ1) is 10.1. The highest BCUT2D eigenvalue weighted by Gasteiger charge is 2.27. The highest BCUT2D eigenvalue weighted by molar-refractivity contribution is 14.1. The molecule has 1 heterocycles. The molecule has 0 saturated heterocycles. The molecule has 0 fully saturated rings. The van der Waals surface area contributed by atoms with Gasteiger partial charge in [-0.05, 0) is 54.6 Å². The number of hydrogen-bond acceptors (Lipinski definition) is 4. The van der Waals surface area contributed by atoms with Gasteiger partial charge in [-0.15, -0.1) is 0 Å². The molecule has 1 N–H and O–H groups in total. The smallest absolute Gasteiger partial charge is 0.268 e. The predicted octanol–water partition coefficient (Wildman–Crippen LogP) is 1.90. The van der Waals surface area contributed by atoms with E-state index < -0.39 is 21.7 Å². The second-order valence-electron chi connectivity index (χ2n) is 4.68. The molecular weight excluding hydrogens is 424 g/mol. The third kappa shape index (κ3) is 3.14. The van der Waals surface area contributed by atoms with Gasteiger partial charge in [0.2, 0.25) is 0 Å². The summed E-state index contributed by atoms with van der Waals surface area (Å²) in [4.78, 5) is 12.0. The first-order valence-corrected chi connectivity index (χ1v) is 8.72. The van der Waals surface area contributed by atoms with E-state index >= 15 is 0 Å². The number of sulfonamides is 1. The summed E-state index contributed by atoms with van der Waals surface area (Å²) >= 11 is 1.91. The maximum atomic E-state index is 13.7. The molecule has 9 heteroatoms. The molecule has 0 saturated carbocycles. The Bertz CT molecular complexity index is 862. The Morgan fingerprint density at radius 1 is 1.36 bits per heavy atom. The first kappa shape index (κ1) is 16.9. The van der Waals surface area contributed by atoms with Crippen LogP contribution in [0.3, 0.4) is 0 Å². The van der Waals surface area contributed by atoms with Crippen molar-refractivity contribution in [3.63, 3.8) is 0 Å². The van der Waals surface area contributed by atoms with Crippen LogP contribution in [0.1, 0.15) is 21.7 Å². The number of benzene rings is 1. The highest BCUT2D eigenvalue weighted by atomic mass is 127. The molecule has 0 spiro atoms. The number of aromatic nitrogens is 2. The van der Waals surface area contributed by atoms with Crippen LogP contribution in [0.25, 0.3) is 0 Å². The lowest BCUT2D eigenvalue weighted by Gasteiger charge is -2.08.